The Morgan fingerprint density at radius 1 is 1.32 bits per heavy atom. The molecule has 5 nitrogen and oxygen atoms in total. The molecule has 106 valence electrons. The van der Waals surface area contributed by atoms with Crippen molar-refractivity contribution in [3.8, 4) is 0 Å². The van der Waals surface area contributed by atoms with Crippen LogP contribution in [0.3, 0.4) is 0 Å². The molecule has 0 aromatic heterocycles. The van der Waals surface area contributed by atoms with Crippen molar-refractivity contribution in [3.05, 3.63) is 29.8 Å². The van der Waals surface area contributed by atoms with Gasteiger partial charge in [0.15, 0.2) is 9.84 Å². The lowest BCUT2D eigenvalue weighted by Crippen LogP contribution is -2.37. The lowest BCUT2D eigenvalue weighted by Gasteiger charge is -2.23. The van der Waals surface area contributed by atoms with E-state index < -0.39 is 21.8 Å². The Balaban J connectivity index is 2.81. The minimum absolute atomic E-state index is 0.268. The van der Waals surface area contributed by atoms with Gasteiger partial charge >= 0.3 is 5.97 Å². The number of rotatable bonds is 6. The van der Waals surface area contributed by atoms with Crippen molar-refractivity contribution in [2.45, 2.75) is 30.8 Å². The van der Waals surface area contributed by atoms with Crippen LogP contribution >= 0.6 is 0 Å². The van der Waals surface area contributed by atoms with Crippen LogP contribution in [0.1, 0.15) is 18.9 Å². The van der Waals surface area contributed by atoms with E-state index in [0.717, 1.165) is 11.8 Å². The zero-order valence-corrected chi connectivity index (χ0v) is 12.1. The molecule has 0 amide bonds. The Morgan fingerprint density at radius 3 is 2.21 bits per heavy atom. The van der Waals surface area contributed by atoms with Crippen LogP contribution in [0.25, 0.3) is 0 Å². The Bertz CT molecular complexity index is 536. The maximum Gasteiger partial charge on any atom is 0.320 e. The van der Waals surface area contributed by atoms with Crippen LogP contribution in [0.4, 0.5) is 0 Å². The van der Waals surface area contributed by atoms with Crippen LogP contribution < -0.4 is 0 Å². The molecule has 0 aliphatic heterocycles. The van der Waals surface area contributed by atoms with Gasteiger partial charge in [-0.15, -0.1) is 0 Å². The molecule has 19 heavy (non-hydrogen) atoms. The second-order valence-electron chi connectivity index (χ2n) is 4.59. The van der Waals surface area contributed by atoms with Gasteiger partial charge in [0.25, 0.3) is 0 Å². The Hall–Kier alpha value is -1.40. The monoisotopic (exact) mass is 285 g/mol. The third-order valence-electron chi connectivity index (χ3n) is 2.99. The predicted molar refractivity (Wildman–Crippen MR) is 72.7 cm³/mol. The standard InChI is InChI=1S/C13H19NO4S/c1-4-12(13(15)16)14(2)9-10-5-7-11(8-6-10)19(3,17)18/h5-8,12H,4,9H2,1-3H3,(H,15,16)/t12-/m1/s1. The molecule has 6 heteroatoms. The highest BCUT2D eigenvalue weighted by Gasteiger charge is 2.20. The average Bonchev–Trinajstić information content (AvgIpc) is 2.28. The van der Waals surface area contributed by atoms with E-state index in [4.69, 9.17) is 5.11 Å². The minimum atomic E-state index is -3.19. The second kappa shape index (κ2) is 6.16. The van der Waals surface area contributed by atoms with Crippen LogP contribution in [0.2, 0.25) is 0 Å². The van der Waals surface area contributed by atoms with Crippen molar-refractivity contribution in [2.24, 2.45) is 0 Å². The van der Waals surface area contributed by atoms with Crippen molar-refractivity contribution >= 4 is 15.8 Å². The first kappa shape index (κ1) is 15.7. The van der Waals surface area contributed by atoms with Gasteiger partial charge in [-0.2, -0.15) is 0 Å². The average molecular weight is 285 g/mol. The maximum absolute atomic E-state index is 11.3. The van der Waals surface area contributed by atoms with Gasteiger partial charge in [0.05, 0.1) is 4.90 Å². The van der Waals surface area contributed by atoms with Crippen LogP contribution in [-0.2, 0) is 21.2 Å². The molecule has 0 heterocycles. The molecule has 1 aromatic carbocycles. The highest BCUT2D eigenvalue weighted by atomic mass is 32.2. The van der Waals surface area contributed by atoms with Gasteiger partial charge in [0.2, 0.25) is 0 Å². The van der Waals surface area contributed by atoms with Crippen molar-refractivity contribution in [2.75, 3.05) is 13.3 Å². The molecule has 0 saturated heterocycles. The number of carbonyl (C=O) groups is 1. The third kappa shape index (κ3) is 4.33. The number of sulfone groups is 1. The molecular weight excluding hydrogens is 266 g/mol. The second-order valence-corrected chi connectivity index (χ2v) is 6.61. The molecule has 0 aliphatic rings. The van der Waals surface area contributed by atoms with E-state index in [0.29, 0.717) is 13.0 Å². The van der Waals surface area contributed by atoms with Gasteiger partial charge in [-0.05, 0) is 31.2 Å². The largest absolute Gasteiger partial charge is 0.480 e. The zero-order valence-electron chi connectivity index (χ0n) is 11.3. The van der Waals surface area contributed by atoms with Crippen molar-refractivity contribution in [1.82, 2.24) is 4.90 Å². The normalized spacial score (nSPS) is 13.5. The van der Waals surface area contributed by atoms with Gasteiger partial charge < -0.3 is 5.11 Å². The first-order chi connectivity index (χ1) is 8.75. The Labute approximate surface area is 113 Å². The van der Waals surface area contributed by atoms with E-state index in [1.807, 2.05) is 6.92 Å². The molecule has 0 spiro atoms. The molecular formula is C13H19NO4S. The fraction of sp³-hybridized carbons (Fsp3) is 0.462. The SMILES string of the molecule is CC[C@H](C(=O)O)N(C)Cc1ccc(S(C)(=O)=O)cc1. The molecule has 1 rings (SSSR count). The van der Waals surface area contributed by atoms with Gasteiger partial charge in [-0.3, -0.25) is 9.69 Å². The summed E-state index contributed by atoms with van der Waals surface area (Å²) in [5.41, 5.74) is 0.884. The van der Waals surface area contributed by atoms with E-state index in [2.05, 4.69) is 0 Å². The van der Waals surface area contributed by atoms with Crippen molar-refractivity contribution < 1.29 is 18.3 Å². The van der Waals surface area contributed by atoms with Crippen LogP contribution in [0.5, 0.6) is 0 Å². The fourth-order valence-corrected chi connectivity index (χ4v) is 2.55. The first-order valence-electron chi connectivity index (χ1n) is 5.97. The van der Waals surface area contributed by atoms with E-state index >= 15 is 0 Å². The quantitative estimate of drug-likeness (QED) is 0.854. The minimum Gasteiger partial charge on any atom is -0.480 e. The van der Waals surface area contributed by atoms with E-state index in [-0.39, 0.29) is 4.90 Å². The number of aliphatic carboxylic acids is 1. The summed E-state index contributed by atoms with van der Waals surface area (Å²) < 4.78 is 22.6. The fourth-order valence-electron chi connectivity index (χ4n) is 1.92. The lowest BCUT2D eigenvalue weighted by atomic mass is 10.1. The highest BCUT2D eigenvalue weighted by molar-refractivity contribution is 7.90. The molecule has 1 aromatic rings. The summed E-state index contributed by atoms with van der Waals surface area (Å²) in [4.78, 5) is 13.0. The van der Waals surface area contributed by atoms with E-state index in [1.165, 1.54) is 0 Å². The van der Waals surface area contributed by atoms with Gasteiger partial charge in [-0.25, -0.2) is 8.42 Å². The molecule has 0 radical (unpaired) electrons. The van der Waals surface area contributed by atoms with Crippen molar-refractivity contribution in [1.29, 1.82) is 0 Å². The molecule has 0 bridgehead atoms. The summed E-state index contributed by atoms with van der Waals surface area (Å²) in [5, 5.41) is 9.05. The van der Waals surface area contributed by atoms with E-state index in [9.17, 15) is 13.2 Å². The molecule has 1 atom stereocenters. The summed E-state index contributed by atoms with van der Waals surface area (Å²) in [6, 6.07) is 5.97. The number of hydrogen-bond donors (Lipinski definition) is 1. The number of carboxylic acid groups (broad SMARTS) is 1. The summed E-state index contributed by atoms with van der Waals surface area (Å²) in [6.45, 7) is 2.29. The maximum atomic E-state index is 11.3. The Kier molecular flexibility index (Phi) is 5.08. The summed E-state index contributed by atoms with van der Waals surface area (Å²) in [5.74, 6) is -0.849. The first-order valence-corrected chi connectivity index (χ1v) is 7.87. The topological polar surface area (TPSA) is 74.7 Å². The number of benzene rings is 1. The molecule has 0 fully saturated rings. The molecule has 0 saturated carbocycles. The highest BCUT2D eigenvalue weighted by Crippen LogP contribution is 2.13. The number of hydrogen-bond acceptors (Lipinski definition) is 4. The van der Waals surface area contributed by atoms with Gasteiger partial charge in [0, 0.05) is 12.8 Å². The molecule has 0 unspecified atom stereocenters. The Morgan fingerprint density at radius 2 is 1.84 bits per heavy atom. The number of nitrogens with zero attached hydrogens (tertiary/aromatic N) is 1. The van der Waals surface area contributed by atoms with Crippen LogP contribution in [0.15, 0.2) is 29.2 Å². The lowest BCUT2D eigenvalue weighted by molar-refractivity contribution is -0.143. The number of likely N-dealkylation sites (N-methyl/N-ethyl adjacent to an activating group) is 1. The predicted octanol–water partition coefficient (Wildman–Crippen LogP) is 1.39. The summed E-state index contributed by atoms with van der Waals surface area (Å²) in [7, 11) is -1.45. The molecule has 1 N–H and O–H groups in total. The van der Waals surface area contributed by atoms with Crippen LogP contribution in [-0.4, -0.2) is 43.7 Å². The number of carboxylic acids is 1. The molecule has 0 aliphatic carbocycles. The van der Waals surface area contributed by atoms with Gasteiger partial charge in [-0.1, -0.05) is 19.1 Å². The third-order valence-corrected chi connectivity index (χ3v) is 4.12. The van der Waals surface area contributed by atoms with Crippen molar-refractivity contribution in [3.63, 3.8) is 0 Å². The van der Waals surface area contributed by atoms with E-state index in [1.54, 1.807) is 36.2 Å². The summed E-state index contributed by atoms with van der Waals surface area (Å²) in [6.07, 6.45) is 1.68. The summed E-state index contributed by atoms with van der Waals surface area (Å²) >= 11 is 0. The smallest absolute Gasteiger partial charge is 0.320 e. The van der Waals surface area contributed by atoms with Gasteiger partial charge in [0.1, 0.15) is 6.04 Å². The van der Waals surface area contributed by atoms with Crippen LogP contribution in [0, 0.1) is 0 Å². The zero-order chi connectivity index (χ0) is 14.6.